The summed E-state index contributed by atoms with van der Waals surface area (Å²) in [7, 11) is 0. The summed E-state index contributed by atoms with van der Waals surface area (Å²) < 4.78 is 5.59. The van der Waals surface area contributed by atoms with Crippen molar-refractivity contribution in [1.82, 2.24) is 5.32 Å². The SMILES string of the molecule is CCc1ccc(NCC(=O)NCCOc2cccc(C)c2)cc1. The van der Waals surface area contributed by atoms with Gasteiger partial charge in [0, 0.05) is 5.69 Å². The van der Waals surface area contributed by atoms with E-state index in [2.05, 4.69) is 29.7 Å². The van der Waals surface area contributed by atoms with E-state index in [-0.39, 0.29) is 12.5 Å². The molecule has 122 valence electrons. The van der Waals surface area contributed by atoms with Crippen LogP contribution in [0.3, 0.4) is 0 Å². The molecule has 0 fully saturated rings. The monoisotopic (exact) mass is 312 g/mol. The van der Waals surface area contributed by atoms with Crippen molar-refractivity contribution < 1.29 is 9.53 Å². The Labute approximate surface area is 137 Å². The molecule has 0 atom stereocenters. The van der Waals surface area contributed by atoms with Crippen LogP contribution in [0.1, 0.15) is 18.1 Å². The van der Waals surface area contributed by atoms with Crippen LogP contribution in [0.25, 0.3) is 0 Å². The number of aryl methyl sites for hydroxylation is 2. The molecule has 0 bridgehead atoms. The van der Waals surface area contributed by atoms with Crippen molar-refractivity contribution in [2.45, 2.75) is 20.3 Å². The van der Waals surface area contributed by atoms with Crippen molar-refractivity contribution in [2.75, 3.05) is 25.0 Å². The lowest BCUT2D eigenvalue weighted by molar-refractivity contribution is -0.119. The first-order valence-electron chi connectivity index (χ1n) is 7.96. The predicted octanol–water partition coefficient (Wildman–Crippen LogP) is 3.16. The lowest BCUT2D eigenvalue weighted by atomic mass is 10.1. The van der Waals surface area contributed by atoms with E-state index in [4.69, 9.17) is 4.74 Å². The van der Waals surface area contributed by atoms with Crippen LogP contribution in [0, 0.1) is 6.92 Å². The summed E-state index contributed by atoms with van der Waals surface area (Å²) in [6.45, 7) is 5.35. The number of carbonyl (C=O) groups excluding carboxylic acids is 1. The number of benzene rings is 2. The Bertz CT molecular complexity index is 624. The minimum absolute atomic E-state index is 0.0441. The molecule has 0 saturated carbocycles. The highest BCUT2D eigenvalue weighted by atomic mass is 16.5. The highest BCUT2D eigenvalue weighted by Gasteiger charge is 2.01. The van der Waals surface area contributed by atoms with Crippen LogP contribution in [0.15, 0.2) is 48.5 Å². The molecule has 4 heteroatoms. The van der Waals surface area contributed by atoms with Crippen molar-refractivity contribution >= 4 is 11.6 Å². The fourth-order valence-corrected chi connectivity index (χ4v) is 2.17. The summed E-state index contributed by atoms with van der Waals surface area (Å²) in [5.41, 5.74) is 3.39. The van der Waals surface area contributed by atoms with E-state index >= 15 is 0 Å². The summed E-state index contributed by atoms with van der Waals surface area (Å²) in [6.07, 6.45) is 1.02. The summed E-state index contributed by atoms with van der Waals surface area (Å²) >= 11 is 0. The number of hydrogen-bond acceptors (Lipinski definition) is 3. The van der Waals surface area contributed by atoms with Crippen LogP contribution in [0.2, 0.25) is 0 Å². The molecule has 0 aromatic heterocycles. The van der Waals surface area contributed by atoms with Crippen LogP contribution in [0.5, 0.6) is 5.75 Å². The Balaban J connectivity index is 1.63. The molecule has 0 aliphatic rings. The van der Waals surface area contributed by atoms with Crippen LogP contribution in [-0.2, 0) is 11.2 Å². The van der Waals surface area contributed by atoms with Crippen LogP contribution >= 0.6 is 0 Å². The maximum atomic E-state index is 11.8. The third-order valence-corrected chi connectivity index (χ3v) is 3.50. The summed E-state index contributed by atoms with van der Waals surface area (Å²) in [4.78, 5) is 11.8. The molecular formula is C19H24N2O2. The molecule has 0 radical (unpaired) electrons. The second-order valence-electron chi connectivity index (χ2n) is 5.42. The number of carbonyl (C=O) groups is 1. The number of anilines is 1. The minimum Gasteiger partial charge on any atom is -0.492 e. The lowest BCUT2D eigenvalue weighted by Crippen LogP contribution is -2.33. The number of hydrogen-bond donors (Lipinski definition) is 2. The Morgan fingerprint density at radius 2 is 1.91 bits per heavy atom. The molecular weight excluding hydrogens is 288 g/mol. The lowest BCUT2D eigenvalue weighted by Gasteiger charge is -2.10. The van der Waals surface area contributed by atoms with Crippen LogP contribution in [-0.4, -0.2) is 25.6 Å². The van der Waals surface area contributed by atoms with E-state index in [1.807, 2.05) is 43.3 Å². The smallest absolute Gasteiger partial charge is 0.239 e. The van der Waals surface area contributed by atoms with Gasteiger partial charge >= 0.3 is 0 Å². The van der Waals surface area contributed by atoms with E-state index in [9.17, 15) is 4.79 Å². The van der Waals surface area contributed by atoms with Gasteiger partial charge < -0.3 is 15.4 Å². The third-order valence-electron chi connectivity index (χ3n) is 3.50. The van der Waals surface area contributed by atoms with Gasteiger partial charge in [-0.15, -0.1) is 0 Å². The summed E-state index contributed by atoms with van der Waals surface area (Å²) in [5.74, 6) is 0.783. The van der Waals surface area contributed by atoms with Gasteiger partial charge in [-0.25, -0.2) is 0 Å². The highest BCUT2D eigenvalue weighted by molar-refractivity contribution is 5.80. The maximum absolute atomic E-state index is 11.8. The van der Waals surface area contributed by atoms with E-state index in [0.717, 1.165) is 23.4 Å². The predicted molar refractivity (Wildman–Crippen MR) is 94.0 cm³/mol. The minimum atomic E-state index is -0.0441. The zero-order chi connectivity index (χ0) is 16.5. The zero-order valence-electron chi connectivity index (χ0n) is 13.8. The number of amides is 1. The van der Waals surface area contributed by atoms with Crippen LogP contribution < -0.4 is 15.4 Å². The molecule has 2 rings (SSSR count). The average Bonchev–Trinajstić information content (AvgIpc) is 2.57. The molecule has 4 nitrogen and oxygen atoms in total. The molecule has 0 heterocycles. The van der Waals surface area contributed by atoms with Gasteiger partial charge in [0.2, 0.25) is 5.91 Å². The van der Waals surface area contributed by atoms with Gasteiger partial charge in [0.1, 0.15) is 12.4 Å². The van der Waals surface area contributed by atoms with Gasteiger partial charge in [-0.2, -0.15) is 0 Å². The highest BCUT2D eigenvalue weighted by Crippen LogP contribution is 2.12. The standard InChI is InChI=1S/C19H24N2O2/c1-3-16-7-9-17(10-8-16)21-14-19(22)20-11-12-23-18-6-4-5-15(2)13-18/h4-10,13,21H,3,11-12,14H2,1-2H3,(H,20,22). The van der Waals surface area contributed by atoms with Crippen LogP contribution in [0.4, 0.5) is 5.69 Å². The molecule has 2 N–H and O–H groups in total. The van der Waals surface area contributed by atoms with Gasteiger partial charge in [0.15, 0.2) is 0 Å². The summed E-state index contributed by atoms with van der Waals surface area (Å²) in [5, 5.41) is 5.94. The largest absolute Gasteiger partial charge is 0.492 e. The first-order chi connectivity index (χ1) is 11.2. The van der Waals surface area contributed by atoms with Crippen molar-refractivity contribution in [1.29, 1.82) is 0 Å². The average molecular weight is 312 g/mol. The van der Waals surface area contributed by atoms with Crippen molar-refractivity contribution in [3.63, 3.8) is 0 Å². The molecule has 2 aromatic carbocycles. The first-order valence-corrected chi connectivity index (χ1v) is 7.96. The van der Waals surface area contributed by atoms with E-state index in [0.29, 0.717) is 13.2 Å². The Morgan fingerprint density at radius 1 is 1.13 bits per heavy atom. The molecule has 0 aliphatic carbocycles. The fourth-order valence-electron chi connectivity index (χ4n) is 2.17. The fraction of sp³-hybridized carbons (Fsp3) is 0.316. The van der Waals surface area contributed by atoms with Gasteiger partial charge in [-0.1, -0.05) is 31.2 Å². The molecule has 0 saturated heterocycles. The third kappa shape index (κ3) is 6.02. The van der Waals surface area contributed by atoms with Crippen molar-refractivity contribution in [3.05, 3.63) is 59.7 Å². The number of nitrogens with one attached hydrogen (secondary N) is 2. The van der Waals surface area contributed by atoms with Crippen molar-refractivity contribution in [2.24, 2.45) is 0 Å². The number of rotatable bonds is 8. The van der Waals surface area contributed by atoms with E-state index < -0.39 is 0 Å². The maximum Gasteiger partial charge on any atom is 0.239 e. The zero-order valence-corrected chi connectivity index (χ0v) is 13.8. The van der Waals surface area contributed by atoms with Gasteiger partial charge in [-0.05, 0) is 48.7 Å². The second kappa shape index (κ2) is 8.83. The topological polar surface area (TPSA) is 50.4 Å². The van der Waals surface area contributed by atoms with Crippen molar-refractivity contribution in [3.8, 4) is 5.75 Å². The Morgan fingerprint density at radius 3 is 2.61 bits per heavy atom. The normalized spacial score (nSPS) is 10.2. The molecule has 23 heavy (non-hydrogen) atoms. The number of ether oxygens (including phenoxy) is 1. The molecule has 0 unspecified atom stereocenters. The van der Waals surface area contributed by atoms with Gasteiger partial charge in [0.05, 0.1) is 13.1 Å². The Kier molecular flexibility index (Phi) is 6.48. The molecule has 0 spiro atoms. The summed E-state index contributed by atoms with van der Waals surface area (Å²) in [6, 6.07) is 16.0. The second-order valence-corrected chi connectivity index (χ2v) is 5.42. The molecule has 2 aromatic rings. The molecule has 1 amide bonds. The quantitative estimate of drug-likeness (QED) is 0.736. The first kappa shape index (κ1) is 16.9. The van der Waals surface area contributed by atoms with E-state index in [1.54, 1.807) is 0 Å². The molecule has 0 aliphatic heterocycles. The Hall–Kier alpha value is -2.49. The van der Waals surface area contributed by atoms with Gasteiger partial charge in [0.25, 0.3) is 0 Å². The van der Waals surface area contributed by atoms with E-state index in [1.165, 1.54) is 5.56 Å². The van der Waals surface area contributed by atoms with Gasteiger partial charge in [-0.3, -0.25) is 4.79 Å².